The van der Waals surface area contributed by atoms with Gasteiger partial charge in [0, 0.05) is 55.3 Å². The number of aliphatic imine (C=N–C) groups is 1. The lowest BCUT2D eigenvalue weighted by molar-refractivity contribution is -0.149. The number of nitrogens with one attached hydrogen (secondary N) is 9. The second-order valence-corrected chi connectivity index (χ2v) is 23.2. The Morgan fingerprint density at radius 1 is 0.577 bits per heavy atom. The normalized spacial score (nSPS) is 17.0. The van der Waals surface area contributed by atoms with Crippen LogP contribution in [-0.4, -0.2) is 239 Å². The fourth-order valence-corrected chi connectivity index (χ4v) is 11.0. The molecule has 0 unspecified atom stereocenters. The van der Waals surface area contributed by atoms with Crippen LogP contribution >= 0.6 is 12.6 Å². The van der Waals surface area contributed by atoms with Crippen LogP contribution in [0, 0.1) is 0 Å². The topological polar surface area (TPSA) is 612 Å². The van der Waals surface area contributed by atoms with Gasteiger partial charge in [-0.3, -0.25) is 72.1 Å². The number of carboxylic acids is 4. The summed E-state index contributed by atoms with van der Waals surface area (Å²) in [5.41, 5.74) is 24.0. The summed E-state index contributed by atoms with van der Waals surface area (Å²) >= 11 is 4.15. The number of hydrogen-bond donors (Lipinski definition) is 20. The van der Waals surface area contributed by atoms with E-state index in [9.17, 15) is 103 Å². The number of aromatic hydroxyl groups is 1. The maximum atomic E-state index is 14.5. The van der Waals surface area contributed by atoms with Crippen molar-refractivity contribution in [2.75, 3.05) is 32.0 Å². The molecule has 2 aliphatic rings. The maximum absolute atomic E-state index is 14.5. The van der Waals surface area contributed by atoms with Gasteiger partial charge in [0.15, 0.2) is 5.96 Å². The van der Waals surface area contributed by atoms with Gasteiger partial charge in [0.2, 0.25) is 65.0 Å². The summed E-state index contributed by atoms with van der Waals surface area (Å²) in [7, 11) is 0. The second-order valence-electron chi connectivity index (χ2n) is 22.9. The first-order valence-electron chi connectivity index (χ1n) is 30.5. The van der Waals surface area contributed by atoms with Gasteiger partial charge in [-0.05, 0) is 80.7 Å². The number of benzene rings is 2. The van der Waals surface area contributed by atoms with Crippen molar-refractivity contribution in [1.82, 2.24) is 57.3 Å². The van der Waals surface area contributed by atoms with Crippen LogP contribution in [0.1, 0.15) is 81.8 Å². The fourth-order valence-electron chi connectivity index (χ4n) is 10.7. The highest BCUT2D eigenvalue weighted by atomic mass is 32.1. The van der Waals surface area contributed by atoms with Crippen molar-refractivity contribution in [3.05, 3.63) is 65.9 Å². The van der Waals surface area contributed by atoms with Crippen LogP contribution in [0.15, 0.2) is 59.7 Å². The van der Waals surface area contributed by atoms with E-state index in [0.717, 1.165) is 9.80 Å². The number of aromatic amines is 1. The Morgan fingerprint density at radius 3 is 1.67 bits per heavy atom. The van der Waals surface area contributed by atoms with Gasteiger partial charge in [-0.1, -0.05) is 30.3 Å². The summed E-state index contributed by atoms with van der Waals surface area (Å²) in [6.45, 7) is -1.37. The lowest BCUT2D eigenvalue weighted by atomic mass is 10.0. The van der Waals surface area contributed by atoms with E-state index in [2.05, 4.69) is 65.1 Å². The molecule has 3 aromatic rings. The molecule has 0 aliphatic carbocycles. The van der Waals surface area contributed by atoms with E-state index in [4.69, 9.17) is 22.9 Å². The molecule has 97 heavy (non-hydrogen) atoms. The SMILES string of the molecule is NC(=O)C[C@H](NC(=O)[C@H](Cc1c[nH]c2ccccc12)NC(=O)[C@@H](N)Cc1ccc(O)cc1)C(=O)N[C@@H](CC(=O)O)C(=O)N[C@@H](CS)C(=O)N[C@@H](CCC(=O)O)C(=O)N1CCC[C@H]1C(=O)N1CCC[C@H]1C(=O)N[C@@H](CC(=O)O)C(=O)N[C@@H](CO)C(=O)N[C@@H](CCCN=C(N)N)C(=O)O. The number of nitrogens with two attached hydrogens (primary N) is 4. The molecule has 0 bridgehead atoms. The van der Waals surface area contributed by atoms with Crippen LogP contribution in [0.3, 0.4) is 0 Å². The summed E-state index contributed by atoms with van der Waals surface area (Å²) in [6.07, 6.45) is -3.16. The highest BCUT2D eigenvalue weighted by Crippen LogP contribution is 2.27. The van der Waals surface area contributed by atoms with E-state index in [0.29, 0.717) is 22.0 Å². The molecule has 2 aromatic carbocycles. The number of aliphatic carboxylic acids is 4. The van der Waals surface area contributed by atoms with Gasteiger partial charge in [-0.25, -0.2) is 4.79 Å². The first-order chi connectivity index (χ1) is 45.9. The van der Waals surface area contributed by atoms with Crippen LogP contribution < -0.4 is 65.5 Å². The summed E-state index contributed by atoms with van der Waals surface area (Å²) in [5.74, 6) is -19.5. The summed E-state index contributed by atoms with van der Waals surface area (Å²) in [4.78, 5) is 209. The van der Waals surface area contributed by atoms with E-state index in [1.54, 1.807) is 30.5 Å². The Hall–Kier alpha value is -10.6. The van der Waals surface area contributed by atoms with Crippen LogP contribution in [0.5, 0.6) is 5.75 Å². The quantitative estimate of drug-likeness (QED) is 0.0110. The minimum absolute atomic E-state index is 0.00180. The third-order valence-corrected chi connectivity index (χ3v) is 16.0. The molecular weight excluding hydrogens is 1300 g/mol. The van der Waals surface area contributed by atoms with Gasteiger partial charge in [0.05, 0.1) is 31.9 Å². The van der Waals surface area contributed by atoms with Crippen molar-refractivity contribution in [1.29, 1.82) is 0 Å². The summed E-state index contributed by atoms with van der Waals surface area (Å²) in [5, 5.41) is 77.4. The van der Waals surface area contributed by atoms with Gasteiger partial charge in [0.25, 0.3) is 0 Å². The third-order valence-electron chi connectivity index (χ3n) is 15.6. The monoisotopic (exact) mass is 1380 g/mol. The van der Waals surface area contributed by atoms with Gasteiger partial charge in [-0.2, -0.15) is 12.6 Å². The molecule has 23 N–H and O–H groups in total. The van der Waals surface area contributed by atoms with Crippen molar-refractivity contribution >= 4 is 118 Å². The number of primary amides is 1. The highest BCUT2D eigenvalue weighted by Gasteiger charge is 2.45. The van der Waals surface area contributed by atoms with E-state index >= 15 is 0 Å². The number of guanidine groups is 1. The molecular formula is C59H80N16O21S. The number of thiol groups is 1. The van der Waals surface area contributed by atoms with E-state index in [-0.39, 0.29) is 82.7 Å². The number of carboxylic acid groups (broad SMARTS) is 4. The molecule has 0 spiro atoms. The van der Waals surface area contributed by atoms with E-state index < -0.39 is 200 Å². The van der Waals surface area contributed by atoms with Crippen molar-refractivity contribution in [2.45, 2.75) is 150 Å². The minimum Gasteiger partial charge on any atom is -0.508 e. The summed E-state index contributed by atoms with van der Waals surface area (Å²) in [6, 6.07) is -5.73. The maximum Gasteiger partial charge on any atom is 0.326 e. The Balaban J connectivity index is 1.28. The van der Waals surface area contributed by atoms with Gasteiger partial charge >= 0.3 is 23.9 Å². The van der Waals surface area contributed by atoms with Crippen LogP contribution in [0.2, 0.25) is 0 Å². The number of para-hydroxylation sites is 1. The Morgan fingerprint density at radius 2 is 1.09 bits per heavy atom. The average molecular weight is 1380 g/mol. The number of likely N-dealkylation sites (tertiary alicyclic amines) is 2. The number of phenolic OH excluding ortho intramolecular Hbond substituents is 1. The van der Waals surface area contributed by atoms with Crippen molar-refractivity contribution in [2.24, 2.45) is 27.9 Å². The number of aromatic nitrogens is 1. The predicted molar refractivity (Wildman–Crippen MR) is 340 cm³/mol. The minimum atomic E-state index is -2.10. The van der Waals surface area contributed by atoms with Gasteiger partial charge in [-0.15, -0.1) is 0 Å². The smallest absolute Gasteiger partial charge is 0.326 e. The molecule has 38 heteroatoms. The zero-order chi connectivity index (χ0) is 71.8. The number of H-pyrrole nitrogens is 1. The Kier molecular flexibility index (Phi) is 29.3. The molecule has 37 nitrogen and oxygen atoms in total. The van der Waals surface area contributed by atoms with Crippen molar-refractivity contribution < 1.29 is 103 Å². The molecule has 3 heterocycles. The molecule has 2 saturated heterocycles. The van der Waals surface area contributed by atoms with Crippen molar-refractivity contribution in [3.8, 4) is 5.75 Å². The van der Waals surface area contributed by atoms with Crippen molar-refractivity contribution in [3.63, 3.8) is 0 Å². The molecule has 0 saturated carbocycles. The number of rotatable bonds is 38. The van der Waals surface area contributed by atoms with Gasteiger partial charge < -0.3 is 111 Å². The number of phenols is 1. The summed E-state index contributed by atoms with van der Waals surface area (Å²) < 4.78 is 0. The predicted octanol–water partition coefficient (Wildman–Crippen LogP) is -6.40. The molecule has 11 atom stereocenters. The number of carbonyl (C=O) groups excluding carboxylic acids is 11. The fraction of sp³-hybridized carbons (Fsp3) is 0.492. The number of carbonyl (C=O) groups is 15. The highest BCUT2D eigenvalue weighted by molar-refractivity contribution is 7.80. The van der Waals surface area contributed by atoms with E-state index in [1.807, 2.05) is 0 Å². The zero-order valence-electron chi connectivity index (χ0n) is 52.2. The third kappa shape index (κ3) is 23.4. The average Bonchev–Trinajstić information content (AvgIpc) is 1.70. The second kappa shape index (κ2) is 36.9. The molecule has 5 rings (SSSR count). The number of nitrogens with zero attached hydrogens (tertiary/aromatic N) is 3. The number of amides is 11. The van der Waals surface area contributed by atoms with Crippen LogP contribution in [-0.2, 0) is 84.8 Å². The molecule has 2 aliphatic heterocycles. The lowest BCUT2D eigenvalue weighted by Crippen LogP contribution is -2.61. The number of fused-ring (bicyclic) bond motifs is 1. The number of aliphatic hydroxyl groups excluding tert-OH is 1. The first-order valence-corrected chi connectivity index (χ1v) is 31.1. The number of hydrogen-bond acceptors (Lipinski definition) is 20. The largest absolute Gasteiger partial charge is 0.508 e. The van der Waals surface area contributed by atoms with Gasteiger partial charge in [0.1, 0.15) is 66.2 Å². The molecule has 2 fully saturated rings. The number of aliphatic hydroxyl groups is 1. The Labute approximate surface area is 557 Å². The molecule has 1 aromatic heterocycles. The Bertz CT molecular complexity index is 3440. The molecule has 0 radical (unpaired) electrons. The van der Waals surface area contributed by atoms with Crippen LogP contribution in [0.4, 0.5) is 0 Å². The standard InChI is InChI=1S/C59H80N16O21S/c60-32(20-28-11-13-30(77)14-12-28)48(85)68-36(21-29-25-65-33-7-2-1-6-31(29)33)49(86)69-37(22-44(61)78)50(87)70-38(23-46(81)82)52(89)73-41(27-97)54(91)66-34(15-16-45(79)80)56(93)75-19-5-10-43(75)57(94)74-18-4-9-42(74)55(92)71-39(24-47(83)84)51(88)72-40(26-76)53(90)67-35(58(95)96)8-3-17-64-59(62)63/h1-2,6-7,11-14,25,32,34-43,65,76-77,97H,3-5,8-10,15-24,26-27,60H2,(H2,61,78)(H,66,91)(H,67,90)(H,68,85)(H,69,86)(H,70,87)(H,71,92)(H,72,88)(H,73,89)(H,79,80)(H,81,82)(H,83,84)(H,95,96)(H4,62,63,64)/t32-,34-,35-,36-,37-,38-,39-,40-,41-,42-,43-/m0/s1. The van der Waals surface area contributed by atoms with Crippen LogP contribution in [0.25, 0.3) is 10.9 Å². The lowest BCUT2D eigenvalue weighted by Gasteiger charge is -2.33. The van der Waals surface area contributed by atoms with E-state index in [1.165, 1.54) is 24.3 Å². The zero-order valence-corrected chi connectivity index (χ0v) is 53.1. The first kappa shape index (κ1) is 77.1. The molecule has 11 amide bonds. The molecule has 528 valence electrons.